The Morgan fingerprint density at radius 2 is 2.08 bits per heavy atom. The van der Waals surface area contributed by atoms with Crippen molar-refractivity contribution in [1.29, 1.82) is 0 Å². The quantitative estimate of drug-likeness (QED) is 0.837. The van der Waals surface area contributed by atoms with E-state index in [1.54, 1.807) is 7.11 Å². The minimum atomic E-state index is 0.480. The summed E-state index contributed by atoms with van der Waals surface area (Å²) in [6, 6.07) is 10.2. The van der Waals surface area contributed by atoms with Crippen LogP contribution >= 0.6 is 0 Å². The number of fused-ring (bicyclic) bond motifs is 1. The Balaban J connectivity index is 1.75. The third-order valence-electron chi connectivity index (χ3n) is 5.45. The lowest BCUT2D eigenvalue weighted by atomic mass is 10.1. The summed E-state index contributed by atoms with van der Waals surface area (Å²) < 4.78 is 5.44. The Bertz CT molecular complexity index is 741. The van der Waals surface area contributed by atoms with Gasteiger partial charge >= 0.3 is 0 Å². The summed E-state index contributed by atoms with van der Waals surface area (Å²) in [6.45, 7) is 4.00. The zero-order chi connectivity index (χ0) is 16.7. The van der Waals surface area contributed by atoms with Crippen molar-refractivity contribution in [3.05, 3.63) is 30.0 Å². The molecule has 2 aromatic rings. The van der Waals surface area contributed by atoms with Gasteiger partial charge in [-0.05, 0) is 56.9 Å². The number of benzene rings is 1. The molecule has 1 saturated heterocycles. The highest BCUT2D eigenvalue weighted by Gasteiger charge is 2.28. The zero-order valence-electron chi connectivity index (χ0n) is 15.0. The maximum absolute atomic E-state index is 5.44. The third-order valence-corrected chi connectivity index (χ3v) is 5.45. The van der Waals surface area contributed by atoms with E-state index >= 15 is 0 Å². The van der Waals surface area contributed by atoms with Crippen LogP contribution in [0.3, 0.4) is 0 Å². The number of ether oxygens (including phenoxy) is 1. The molecule has 1 atom stereocenters. The van der Waals surface area contributed by atoms with Crippen molar-refractivity contribution in [2.75, 3.05) is 37.1 Å². The number of rotatable bonds is 5. The van der Waals surface area contributed by atoms with Crippen molar-refractivity contribution in [1.82, 2.24) is 4.98 Å². The summed E-state index contributed by atoms with van der Waals surface area (Å²) in [7, 11) is 4.00. The predicted molar refractivity (Wildman–Crippen MR) is 100 cm³/mol. The lowest BCUT2D eigenvalue weighted by Crippen LogP contribution is -2.33. The van der Waals surface area contributed by atoms with E-state index in [0.29, 0.717) is 6.04 Å². The van der Waals surface area contributed by atoms with Crippen LogP contribution in [0.15, 0.2) is 24.3 Å². The maximum Gasteiger partial charge on any atom is 0.0746 e. The first kappa shape index (κ1) is 15.7. The number of anilines is 2. The molecule has 1 aliphatic carbocycles. The minimum absolute atomic E-state index is 0.480. The van der Waals surface area contributed by atoms with E-state index in [9.17, 15) is 0 Å². The highest BCUT2D eigenvalue weighted by molar-refractivity contribution is 5.94. The van der Waals surface area contributed by atoms with Crippen LogP contribution in [0.2, 0.25) is 0 Å². The van der Waals surface area contributed by atoms with E-state index in [0.717, 1.165) is 30.4 Å². The normalized spacial score (nSPS) is 20.8. The summed E-state index contributed by atoms with van der Waals surface area (Å²) in [5, 5.41) is 1.26. The molecule has 0 bridgehead atoms. The molecular weight excluding hydrogens is 298 g/mol. The van der Waals surface area contributed by atoms with Gasteiger partial charge in [0.05, 0.1) is 18.2 Å². The summed E-state index contributed by atoms with van der Waals surface area (Å²) in [6.07, 6.45) is 5.07. The molecular formula is C20H27N3O. The van der Waals surface area contributed by atoms with Gasteiger partial charge in [0.2, 0.25) is 0 Å². The van der Waals surface area contributed by atoms with Gasteiger partial charge in [-0.3, -0.25) is 4.98 Å². The van der Waals surface area contributed by atoms with Gasteiger partial charge in [0.15, 0.2) is 0 Å². The first-order chi connectivity index (χ1) is 11.7. The van der Waals surface area contributed by atoms with Gasteiger partial charge in [0.1, 0.15) is 0 Å². The van der Waals surface area contributed by atoms with Crippen LogP contribution in [0.5, 0.6) is 0 Å². The number of pyridine rings is 1. The van der Waals surface area contributed by atoms with E-state index in [1.807, 2.05) is 0 Å². The maximum atomic E-state index is 5.44. The largest absolute Gasteiger partial charge is 0.383 e. The average Bonchev–Trinajstić information content (AvgIpc) is 3.33. The van der Waals surface area contributed by atoms with Gasteiger partial charge in [0, 0.05) is 49.2 Å². The van der Waals surface area contributed by atoms with Crippen molar-refractivity contribution in [2.24, 2.45) is 0 Å². The molecule has 128 valence electrons. The second-order valence-electron chi connectivity index (χ2n) is 7.27. The van der Waals surface area contributed by atoms with E-state index < -0.39 is 0 Å². The number of hydrogen-bond acceptors (Lipinski definition) is 4. The lowest BCUT2D eigenvalue weighted by molar-refractivity contribution is 0.181. The first-order valence-electron chi connectivity index (χ1n) is 9.07. The van der Waals surface area contributed by atoms with Gasteiger partial charge in [-0.15, -0.1) is 0 Å². The van der Waals surface area contributed by atoms with E-state index in [1.165, 1.54) is 42.4 Å². The van der Waals surface area contributed by atoms with Crippen LogP contribution in [0, 0.1) is 6.92 Å². The van der Waals surface area contributed by atoms with Crippen LogP contribution in [-0.2, 0) is 4.74 Å². The molecule has 1 aromatic carbocycles. The van der Waals surface area contributed by atoms with Crippen molar-refractivity contribution in [3.63, 3.8) is 0 Å². The fraction of sp³-hybridized carbons (Fsp3) is 0.550. The summed E-state index contributed by atoms with van der Waals surface area (Å²) in [5.41, 5.74) is 4.80. The smallest absolute Gasteiger partial charge is 0.0746 e. The molecule has 1 saturated carbocycles. The van der Waals surface area contributed by atoms with Gasteiger partial charge < -0.3 is 14.5 Å². The number of aromatic nitrogens is 1. The summed E-state index contributed by atoms with van der Waals surface area (Å²) >= 11 is 0. The molecule has 2 aliphatic rings. The molecule has 24 heavy (non-hydrogen) atoms. The highest BCUT2D eigenvalue weighted by atomic mass is 16.5. The Hall–Kier alpha value is -1.81. The number of aryl methyl sites for hydroxylation is 1. The van der Waals surface area contributed by atoms with E-state index in [-0.39, 0.29) is 0 Å². The van der Waals surface area contributed by atoms with E-state index in [2.05, 4.69) is 48.0 Å². The molecule has 4 nitrogen and oxygen atoms in total. The Morgan fingerprint density at radius 3 is 2.83 bits per heavy atom. The molecule has 2 fully saturated rings. The second-order valence-corrected chi connectivity index (χ2v) is 7.27. The van der Waals surface area contributed by atoms with Crippen molar-refractivity contribution < 1.29 is 4.74 Å². The number of methoxy groups -OCH3 is 1. The predicted octanol–water partition coefficient (Wildman–Crippen LogP) is 3.76. The van der Waals surface area contributed by atoms with Crippen molar-refractivity contribution in [3.8, 4) is 0 Å². The van der Waals surface area contributed by atoms with Crippen LogP contribution in [0.25, 0.3) is 10.9 Å². The second kappa shape index (κ2) is 6.25. The van der Waals surface area contributed by atoms with Crippen LogP contribution in [0.1, 0.15) is 31.4 Å². The lowest BCUT2D eigenvalue weighted by Gasteiger charge is -2.28. The Morgan fingerprint density at radius 1 is 1.25 bits per heavy atom. The van der Waals surface area contributed by atoms with Gasteiger partial charge in [-0.1, -0.05) is 0 Å². The third kappa shape index (κ3) is 2.84. The molecule has 2 heterocycles. The molecule has 0 unspecified atom stereocenters. The van der Waals surface area contributed by atoms with Crippen LogP contribution < -0.4 is 9.80 Å². The van der Waals surface area contributed by atoms with Crippen LogP contribution in [0.4, 0.5) is 11.4 Å². The zero-order valence-corrected chi connectivity index (χ0v) is 15.0. The molecule has 0 radical (unpaired) electrons. The van der Waals surface area contributed by atoms with Crippen LogP contribution in [-0.4, -0.2) is 44.4 Å². The summed E-state index contributed by atoms with van der Waals surface area (Å²) in [5.74, 6) is 0. The van der Waals surface area contributed by atoms with Gasteiger partial charge in [-0.2, -0.15) is 0 Å². The molecule has 1 aromatic heterocycles. The van der Waals surface area contributed by atoms with E-state index in [4.69, 9.17) is 9.72 Å². The molecule has 4 rings (SSSR count). The minimum Gasteiger partial charge on any atom is -0.383 e. The molecule has 0 amide bonds. The monoisotopic (exact) mass is 325 g/mol. The van der Waals surface area contributed by atoms with Gasteiger partial charge in [0.25, 0.3) is 0 Å². The SMILES string of the molecule is COC[C@H]1CCCN1c1cc(C)nc2cc(N(C)C3CC3)ccc12. The molecule has 4 heteroatoms. The average molecular weight is 325 g/mol. The molecule has 0 spiro atoms. The van der Waals surface area contributed by atoms with Crippen molar-refractivity contribution >= 4 is 22.3 Å². The highest BCUT2D eigenvalue weighted by Crippen LogP contribution is 2.36. The first-order valence-corrected chi connectivity index (χ1v) is 9.07. The molecule has 0 N–H and O–H groups in total. The van der Waals surface area contributed by atoms with Crippen molar-refractivity contribution in [2.45, 2.75) is 44.7 Å². The molecule has 1 aliphatic heterocycles. The van der Waals surface area contributed by atoms with Gasteiger partial charge in [-0.25, -0.2) is 0 Å². The Labute approximate surface area is 144 Å². The Kier molecular flexibility index (Phi) is 4.09. The summed E-state index contributed by atoms with van der Waals surface area (Å²) in [4.78, 5) is 9.73. The fourth-order valence-corrected chi connectivity index (χ4v) is 3.98. The fourth-order valence-electron chi connectivity index (χ4n) is 3.98. The topological polar surface area (TPSA) is 28.6 Å². The standard InChI is InChI=1S/C20H27N3O/c1-14-11-20(23-10-4-5-17(23)13-24-3)18-9-8-16(12-19(18)21-14)22(2)15-6-7-15/h8-9,11-12,15,17H,4-7,10,13H2,1-3H3/t17-/m1/s1. The number of nitrogens with zero attached hydrogens (tertiary/aromatic N) is 3. The number of hydrogen-bond donors (Lipinski definition) is 0.